The standard InChI is InChI=1S/C26H27N5O2/c1-19(2)30(17-20-10-4-3-5-11-20)25(32)18-31-23-14-7-6-12-21(23)29-24(31)16-28-26(33)22-13-8-9-15-27-22/h3-15,19H,16-18H2,1-2H3,(H,28,33). The number of amides is 2. The second-order valence-corrected chi connectivity index (χ2v) is 8.10. The fourth-order valence-corrected chi connectivity index (χ4v) is 3.75. The molecular formula is C26H27N5O2. The average Bonchev–Trinajstić information content (AvgIpc) is 3.19. The van der Waals surface area contributed by atoms with Gasteiger partial charge in [-0.25, -0.2) is 4.98 Å². The molecule has 2 aromatic heterocycles. The minimum atomic E-state index is -0.284. The van der Waals surface area contributed by atoms with Crippen molar-refractivity contribution in [3.8, 4) is 0 Å². The number of imidazole rings is 1. The molecule has 0 saturated carbocycles. The summed E-state index contributed by atoms with van der Waals surface area (Å²) in [5.74, 6) is 0.333. The number of para-hydroxylation sites is 2. The highest BCUT2D eigenvalue weighted by atomic mass is 16.2. The number of nitrogens with one attached hydrogen (secondary N) is 1. The zero-order valence-electron chi connectivity index (χ0n) is 18.8. The summed E-state index contributed by atoms with van der Waals surface area (Å²) in [5.41, 5.74) is 3.06. The van der Waals surface area contributed by atoms with Gasteiger partial charge < -0.3 is 14.8 Å². The van der Waals surface area contributed by atoms with E-state index in [0.29, 0.717) is 18.1 Å². The molecular weight excluding hydrogens is 414 g/mol. The summed E-state index contributed by atoms with van der Waals surface area (Å²) in [6.07, 6.45) is 1.58. The van der Waals surface area contributed by atoms with Gasteiger partial charge in [0.05, 0.1) is 17.6 Å². The molecule has 4 aromatic rings. The molecule has 0 fully saturated rings. The summed E-state index contributed by atoms with van der Waals surface area (Å²) >= 11 is 0. The summed E-state index contributed by atoms with van der Waals surface area (Å²) in [6.45, 7) is 4.90. The van der Waals surface area contributed by atoms with Gasteiger partial charge in [0.15, 0.2) is 0 Å². The molecule has 0 radical (unpaired) electrons. The van der Waals surface area contributed by atoms with Gasteiger partial charge in [-0.3, -0.25) is 14.6 Å². The lowest BCUT2D eigenvalue weighted by Gasteiger charge is -2.27. The minimum Gasteiger partial charge on any atom is -0.343 e. The van der Waals surface area contributed by atoms with Crippen LogP contribution in [0.5, 0.6) is 0 Å². The normalized spacial score (nSPS) is 11.0. The molecule has 2 amide bonds. The average molecular weight is 442 g/mol. The number of fused-ring (bicyclic) bond motifs is 1. The molecule has 7 heteroatoms. The van der Waals surface area contributed by atoms with Crippen LogP contribution in [0.3, 0.4) is 0 Å². The summed E-state index contributed by atoms with van der Waals surface area (Å²) in [5, 5.41) is 2.87. The van der Waals surface area contributed by atoms with E-state index in [0.717, 1.165) is 16.6 Å². The van der Waals surface area contributed by atoms with Crippen molar-refractivity contribution in [2.45, 2.75) is 39.5 Å². The third-order valence-electron chi connectivity index (χ3n) is 5.47. The van der Waals surface area contributed by atoms with Gasteiger partial charge >= 0.3 is 0 Å². The maximum atomic E-state index is 13.4. The maximum Gasteiger partial charge on any atom is 0.270 e. The SMILES string of the molecule is CC(C)N(Cc1ccccc1)C(=O)Cn1c(CNC(=O)c2ccccn2)nc2ccccc21. The quantitative estimate of drug-likeness (QED) is 0.451. The molecule has 0 aliphatic heterocycles. The van der Waals surface area contributed by atoms with Crippen molar-refractivity contribution in [1.29, 1.82) is 0 Å². The number of hydrogen-bond acceptors (Lipinski definition) is 4. The predicted molar refractivity (Wildman–Crippen MR) is 127 cm³/mol. The Morgan fingerprint density at radius 3 is 2.42 bits per heavy atom. The van der Waals surface area contributed by atoms with Crippen LogP contribution in [0, 0.1) is 0 Å². The van der Waals surface area contributed by atoms with E-state index in [1.165, 1.54) is 0 Å². The van der Waals surface area contributed by atoms with Gasteiger partial charge in [0.25, 0.3) is 5.91 Å². The van der Waals surface area contributed by atoms with Crippen LogP contribution in [-0.2, 0) is 24.4 Å². The first-order chi connectivity index (χ1) is 16.0. The van der Waals surface area contributed by atoms with Gasteiger partial charge in [-0.2, -0.15) is 0 Å². The molecule has 168 valence electrons. The number of hydrogen-bond donors (Lipinski definition) is 1. The van der Waals surface area contributed by atoms with E-state index in [9.17, 15) is 9.59 Å². The van der Waals surface area contributed by atoms with E-state index < -0.39 is 0 Å². The first-order valence-corrected chi connectivity index (χ1v) is 11.0. The largest absolute Gasteiger partial charge is 0.343 e. The molecule has 0 aliphatic rings. The predicted octanol–water partition coefficient (Wildman–Crippen LogP) is 3.80. The molecule has 2 heterocycles. The molecule has 33 heavy (non-hydrogen) atoms. The van der Waals surface area contributed by atoms with E-state index in [1.807, 2.05) is 77.9 Å². The summed E-state index contributed by atoms with van der Waals surface area (Å²) in [6, 6.07) is 22.9. The van der Waals surface area contributed by atoms with Crippen molar-refractivity contribution in [3.63, 3.8) is 0 Å². The third-order valence-corrected chi connectivity index (χ3v) is 5.47. The summed E-state index contributed by atoms with van der Waals surface area (Å²) < 4.78 is 1.89. The Balaban J connectivity index is 1.56. The lowest BCUT2D eigenvalue weighted by molar-refractivity contribution is -0.134. The fourth-order valence-electron chi connectivity index (χ4n) is 3.75. The van der Waals surface area contributed by atoms with Crippen LogP contribution >= 0.6 is 0 Å². The molecule has 0 spiro atoms. The van der Waals surface area contributed by atoms with Crippen LogP contribution in [0.25, 0.3) is 11.0 Å². The molecule has 2 aromatic carbocycles. The highest BCUT2D eigenvalue weighted by Crippen LogP contribution is 2.18. The van der Waals surface area contributed by atoms with Gasteiger partial charge in [-0.15, -0.1) is 0 Å². The second kappa shape index (κ2) is 10.1. The molecule has 0 atom stereocenters. The van der Waals surface area contributed by atoms with Crippen LogP contribution in [-0.4, -0.2) is 37.3 Å². The van der Waals surface area contributed by atoms with Crippen molar-refractivity contribution in [2.75, 3.05) is 0 Å². The van der Waals surface area contributed by atoms with Crippen LogP contribution < -0.4 is 5.32 Å². The van der Waals surface area contributed by atoms with Crippen LogP contribution in [0.4, 0.5) is 0 Å². The second-order valence-electron chi connectivity index (χ2n) is 8.10. The lowest BCUT2D eigenvalue weighted by Crippen LogP contribution is -2.39. The molecule has 1 N–H and O–H groups in total. The van der Waals surface area contributed by atoms with Gasteiger partial charge in [0.2, 0.25) is 5.91 Å². The van der Waals surface area contributed by atoms with Crippen molar-refractivity contribution in [1.82, 2.24) is 24.8 Å². The van der Waals surface area contributed by atoms with E-state index >= 15 is 0 Å². The number of aromatic nitrogens is 3. The number of carbonyl (C=O) groups is 2. The molecule has 0 unspecified atom stereocenters. The number of rotatable bonds is 8. The maximum absolute atomic E-state index is 13.4. The smallest absolute Gasteiger partial charge is 0.270 e. The Morgan fingerprint density at radius 2 is 1.70 bits per heavy atom. The zero-order valence-corrected chi connectivity index (χ0v) is 18.8. The van der Waals surface area contributed by atoms with Gasteiger partial charge in [0, 0.05) is 18.8 Å². The summed E-state index contributed by atoms with van der Waals surface area (Å²) in [7, 11) is 0. The highest BCUT2D eigenvalue weighted by Gasteiger charge is 2.21. The number of carbonyl (C=O) groups excluding carboxylic acids is 2. The summed E-state index contributed by atoms with van der Waals surface area (Å²) in [4.78, 5) is 36.5. The van der Waals surface area contributed by atoms with Gasteiger partial charge in [0.1, 0.15) is 18.1 Å². The van der Waals surface area contributed by atoms with Crippen LogP contribution in [0.2, 0.25) is 0 Å². The minimum absolute atomic E-state index is 0.00527. The Morgan fingerprint density at radius 1 is 0.970 bits per heavy atom. The monoisotopic (exact) mass is 441 g/mol. The van der Waals surface area contributed by atoms with Gasteiger partial charge in [-0.05, 0) is 43.7 Å². The molecule has 7 nitrogen and oxygen atoms in total. The van der Waals surface area contributed by atoms with E-state index in [-0.39, 0.29) is 30.9 Å². The molecule has 0 bridgehead atoms. The van der Waals surface area contributed by atoms with E-state index in [2.05, 4.69) is 15.3 Å². The molecule has 4 rings (SSSR count). The van der Waals surface area contributed by atoms with Crippen molar-refractivity contribution < 1.29 is 9.59 Å². The van der Waals surface area contributed by atoms with Crippen LogP contribution in [0.1, 0.15) is 35.7 Å². The van der Waals surface area contributed by atoms with E-state index in [1.54, 1.807) is 24.4 Å². The molecule has 0 saturated heterocycles. The van der Waals surface area contributed by atoms with E-state index in [4.69, 9.17) is 0 Å². The fraction of sp³-hybridized carbons (Fsp3) is 0.231. The topological polar surface area (TPSA) is 80.1 Å². The number of nitrogens with zero attached hydrogens (tertiary/aromatic N) is 4. The Kier molecular flexibility index (Phi) is 6.78. The number of pyridine rings is 1. The third kappa shape index (κ3) is 5.26. The first-order valence-electron chi connectivity index (χ1n) is 11.0. The first kappa shape index (κ1) is 22.2. The Hall–Kier alpha value is -4.00. The highest BCUT2D eigenvalue weighted by molar-refractivity contribution is 5.92. The Bertz CT molecular complexity index is 1240. The Labute approximate surface area is 193 Å². The van der Waals surface area contributed by atoms with Crippen molar-refractivity contribution >= 4 is 22.8 Å². The van der Waals surface area contributed by atoms with Crippen LogP contribution in [0.15, 0.2) is 79.0 Å². The van der Waals surface area contributed by atoms with Crippen molar-refractivity contribution in [2.24, 2.45) is 0 Å². The van der Waals surface area contributed by atoms with Crippen molar-refractivity contribution in [3.05, 3.63) is 96.1 Å². The number of benzene rings is 2. The van der Waals surface area contributed by atoms with Gasteiger partial charge in [-0.1, -0.05) is 48.5 Å². The molecule has 0 aliphatic carbocycles. The zero-order chi connectivity index (χ0) is 23.2. The lowest BCUT2D eigenvalue weighted by atomic mass is 10.2.